The van der Waals surface area contributed by atoms with Crippen LogP contribution in [0, 0.1) is 13.8 Å². The highest BCUT2D eigenvalue weighted by molar-refractivity contribution is 5.89. The van der Waals surface area contributed by atoms with Gasteiger partial charge in [0.25, 0.3) is 0 Å². The fraction of sp³-hybridized carbons (Fsp3) is 0.280. The number of aryl methyl sites for hydroxylation is 2. The van der Waals surface area contributed by atoms with Crippen molar-refractivity contribution in [3.05, 3.63) is 83.0 Å². The number of benzene rings is 2. The van der Waals surface area contributed by atoms with Crippen LogP contribution in [-0.2, 0) is 9.59 Å². The van der Waals surface area contributed by atoms with Crippen molar-refractivity contribution < 1.29 is 19.1 Å². The average Bonchev–Trinajstić information content (AvgIpc) is 2.66. The molecule has 0 atom stereocenters. The number of hydrogen-bond donors (Lipinski definition) is 0. The van der Waals surface area contributed by atoms with E-state index in [2.05, 4.69) is 20.1 Å². The summed E-state index contributed by atoms with van der Waals surface area (Å²) in [6, 6.07) is 11.7. The summed E-state index contributed by atoms with van der Waals surface area (Å²) in [5.74, 6) is 0.390. The van der Waals surface area contributed by atoms with Crippen LogP contribution >= 0.6 is 0 Å². The van der Waals surface area contributed by atoms with E-state index in [1.807, 2.05) is 50.2 Å². The van der Waals surface area contributed by atoms with E-state index < -0.39 is 11.9 Å². The van der Waals surface area contributed by atoms with Crippen molar-refractivity contribution in [1.82, 2.24) is 0 Å². The molecule has 0 unspecified atom stereocenters. The molecule has 0 saturated heterocycles. The van der Waals surface area contributed by atoms with Crippen LogP contribution < -0.4 is 9.47 Å². The van der Waals surface area contributed by atoms with Crippen LogP contribution in [0.15, 0.2) is 60.7 Å². The molecule has 0 fully saturated rings. The van der Waals surface area contributed by atoms with Crippen LogP contribution in [0.25, 0.3) is 0 Å². The Morgan fingerprint density at radius 1 is 0.828 bits per heavy atom. The third-order valence-corrected chi connectivity index (χ3v) is 4.71. The summed E-state index contributed by atoms with van der Waals surface area (Å²) in [5.41, 5.74) is 4.77. The van der Waals surface area contributed by atoms with E-state index in [0.717, 1.165) is 28.7 Å². The lowest BCUT2D eigenvalue weighted by molar-refractivity contribution is -0.131. The van der Waals surface area contributed by atoms with E-state index in [1.54, 1.807) is 13.8 Å². The molecule has 0 radical (unpaired) electrons. The minimum absolute atomic E-state index is 0.171. The molecule has 0 bridgehead atoms. The van der Waals surface area contributed by atoms with Crippen molar-refractivity contribution in [2.75, 3.05) is 0 Å². The molecule has 0 N–H and O–H groups in total. The number of esters is 2. The van der Waals surface area contributed by atoms with Crippen molar-refractivity contribution in [3.63, 3.8) is 0 Å². The third kappa shape index (κ3) is 5.44. The smallest absolute Gasteiger partial charge is 0.338 e. The standard InChI is InChI=1S/C25H28O4/c1-8-21(19-9-11-22(17(6)13-19)28-24(26)15(2)3)20-10-12-23(18(7)14-20)29-25(27)16(4)5/h9-14,21H,2,4,8H2,1,3,5-7H3. The predicted molar refractivity (Wildman–Crippen MR) is 115 cm³/mol. The molecule has 0 aromatic heterocycles. The van der Waals surface area contributed by atoms with Crippen molar-refractivity contribution >= 4 is 11.9 Å². The minimum Gasteiger partial charge on any atom is -0.423 e. The van der Waals surface area contributed by atoms with Gasteiger partial charge in [-0.3, -0.25) is 0 Å². The number of hydrogen-bond acceptors (Lipinski definition) is 4. The molecule has 0 heterocycles. The Kier molecular flexibility index (Phi) is 7.16. The second kappa shape index (κ2) is 9.37. The van der Waals surface area contributed by atoms with Gasteiger partial charge >= 0.3 is 11.9 Å². The van der Waals surface area contributed by atoms with Crippen LogP contribution in [0.2, 0.25) is 0 Å². The molecule has 0 spiro atoms. The summed E-state index contributed by atoms with van der Waals surface area (Å²) < 4.78 is 10.8. The van der Waals surface area contributed by atoms with Gasteiger partial charge in [0.2, 0.25) is 0 Å². The van der Waals surface area contributed by atoms with Gasteiger partial charge in [-0.15, -0.1) is 0 Å². The van der Waals surface area contributed by atoms with E-state index >= 15 is 0 Å². The molecule has 2 rings (SSSR count). The quantitative estimate of drug-likeness (QED) is 0.339. The normalized spacial score (nSPS) is 10.6. The molecule has 4 nitrogen and oxygen atoms in total. The molecule has 0 aliphatic carbocycles. The second-order valence-corrected chi connectivity index (χ2v) is 7.35. The first-order valence-corrected chi connectivity index (χ1v) is 9.60. The average molecular weight is 392 g/mol. The maximum Gasteiger partial charge on any atom is 0.338 e. The van der Waals surface area contributed by atoms with Gasteiger partial charge in [0.05, 0.1) is 0 Å². The number of ether oxygens (including phenoxy) is 2. The van der Waals surface area contributed by atoms with Gasteiger partial charge in [-0.2, -0.15) is 0 Å². The molecule has 0 aliphatic heterocycles. The number of rotatable bonds is 7. The van der Waals surface area contributed by atoms with Crippen molar-refractivity contribution in [1.29, 1.82) is 0 Å². The van der Waals surface area contributed by atoms with Crippen LogP contribution in [-0.4, -0.2) is 11.9 Å². The lowest BCUT2D eigenvalue weighted by Gasteiger charge is -2.19. The molecule has 152 valence electrons. The molecule has 4 heteroatoms. The molecule has 0 aliphatic rings. The van der Waals surface area contributed by atoms with E-state index in [4.69, 9.17) is 9.47 Å². The third-order valence-electron chi connectivity index (χ3n) is 4.71. The maximum absolute atomic E-state index is 11.8. The Morgan fingerprint density at radius 2 is 1.21 bits per heavy atom. The Bertz CT molecular complexity index is 891. The summed E-state index contributed by atoms with van der Waals surface area (Å²) in [4.78, 5) is 23.6. The highest BCUT2D eigenvalue weighted by Gasteiger charge is 2.17. The lowest BCUT2D eigenvalue weighted by Crippen LogP contribution is -2.10. The van der Waals surface area contributed by atoms with Crippen LogP contribution in [0.1, 0.15) is 55.4 Å². The van der Waals surface area contributed by atoms with Gasteiger partial charge in [-0.05, 0) is 68.5 Å². The predicted octanol–water partition coefficient (Wildman–Crippen LogP) is 5.81. The van der Waals surface area contributed by atoms with E-state index in [9.17, 15) is 9.59 Å². The molecule has 0 saturated carbocycles. The number of carbonyl (C=O) groups is 2. The van der Waals surface area contributed by atoms with E-state index in [0.29, 0.717) is 22.6 Å². The molecule has 2 aromatic carbocycles. The summed E-state index contributed by atoms with van der Waals surface area (Å²) in [6.07, 6.45) is 0.898. The summed E-state index contributed by atoms with van der Waals surface area (Å²) in [6.45, 7) is 16.4. The fourth-order valence-corrected chi connectivity index (χ4v) is 3.05. The van der Waals surface area contributed by atoms with Crippen LogP contribution in [0.5, 0.6) is 11.5 Å². The fourth-order valence-electron chi connectivity index (χ4n) is 3.05. The first-order valence-electron chi connectivity index (χ1n) is 9.60. The Balaban J connectivity index is 2.29. The van der Waals surface area contributed by atoms with E-state index in [1.165, 1.54) is 0 Å². The summed E-state index contributed by atoms with van der Waals surface area (Å²) >= 11 is 0. The minimum atomic E-state index is -0.427. The van der Waals surface area contributed by atoms with Crippen LogP contribution in [0.4, 0.5) is 0 Å². The topological polar surface area (TPSA) is 52.6 Å². The largest absolute Gasteiger partial charge is 0.423 e. The monoisotopic (exact) mass is 392 g/mol. The van der Waals surface area contributed by atoms with E-state index in [-0.39, 0.29) is 5.92 Å². The number of carbonyl (C=O) groups excluding carboxylic acids is 2. The maximum atomic E-state index is 11.8. The lowest BCUT2D eigenvalue weighted by atomic mass is 9.87. The zero-order valence-corrected chi connectivity index (χ0v) is 17.8. The highest BCUT2D eigenvalue weighted by atomic mass is 16.5. The van der Waals surface area contributed by atoms with Gasteiger partial charge < -0.3 is 9.47 Å². The molecule has 2 aromatic rings. The molecular weight excluding hydrogens is 364 g/mol. The first-order chi connectivity index (χ1) is 13.6. The van der Waals surface area contributed by atoms with Crippen molar-refractivity contribution in [3.8, 4) is 11.5 Å². The zero-order valence-electron chi connectivity index (χ0n) is 17.8. The van der Waals surface area contributed by atoms with Gasteiger partial charge in [0.15, 0.2) is 0 Å². The summed E-state index contributed by atoms with van der Waals surface area (Å²) in [7, 11) is 0. The Morgan fingerprint density at radius 3 is 1.48 bits per heavy atom. The van der Waals surface area contributed by atoms with Gasteiger partial charge in [-0.1, -0.05) is 44.3 Å². The van der Waals surface area contributed by atoms with Crippen molar-refractivity contribution in [2.45, 2.75) is 47.0 Å². The van der Waals surface area contributed by atoms with Crippen LogP contribution in [0.3, 0.4) is 0 Å². The Labute approximate surface area is 172 Å². The highest BCUT2D eigenvalue weighted by Crippen LogP contribution is 2.33. The first kappa shape index (κ1) is 22.2. The SMILES string of the molecule is C=C(C)C(=O)Oc1ccc(C(CC)c2ccc(OC(=O)C(=C)C)c(C)c2)cc1C. The Hall–Kier alpha value is -3.14. The van der Waals surface area contributed by atoms with Gasteiger partial charge in [0, 0.05) is 17.1 Å². The molecule has 29 heavy (non-hydrogen) atoms. The summed E-state index contributed by atoms with van der Waals surface area (Å²) in [5, 5.41) is 0. The zero-order chi connectivity index (χ0) is 21.7. The van der Waals surface area contributed by atoms with Gasteiger partial charge in [-0.25, -0.2) is 9.59 Å². The molecular formula is C25H28O4. The van der Waals surface area contributed by atoms with Crippen molar-refractivity contribution in [2.24, 2.45) is 0 Å². The molecule has 0 amide bonds. The second-order valence-electron chi connectivity index (χ2n) is 7.35. The van der Waals surface area contributed by atoms with Gasteiger partial charge in [0.1, 0.15) is 11.5 Å².